The average Bonchev–Trinajstić information content (AvgIpc) is 3.13. The Hall–Kier alpha value is -2.34. The molecule has 0 unspecified atom stereocenters. The topological polar surface area (TPSA) is 85.3 Å². The molecule has 0 aliphatic heterocycles. The number of carbonyl (C=O) groups excluding carboxylic acids is 2. The molecule has 0 atom stereocenters. The lowest BCUT2D eigenvalue weighted by atomic mass is 9.96. The van der Waals surface area contributed by atoms with Crippen LogP contribution in [0.5, 0.6) is 0 Å². The van der Waals surface area contributed by atoms with E-state index in [0.717, 1.165) is 31.2 Å². The van der Waals surface area contributed by atoms with Gasteiger partial charge in [0.25, 0.3) is 5.91 Å². The standard InChI is InChI=1S/C18H20N2O3S/c19-17(22)16-13-7-3-1-2-4-8-14(13)24-18(16)20-15(21)10-9-12-6-5-11-23-12/h5-6,9-11H,1-4,7-8H2,(H2,19,22)(H,20,21). The molecule has 2 amide bonds. The third kappa shape index (κ3) is 3.76. The zero-order chi connectivity index (χ0) is 16.9. The van der Waals surface area contributed by atoms with Gasteiger partial charge >= 0.3 is 0 Å². The lowest BCUT2D eigenvalue weighted by Gasteiger charge is -2.10. The van der Waals surface area contributed by atoms with Crippen LogP contribution < -0.4 is 11.1 Å². The molecule has 2 heterocycles. The number of amides is 2. The first-order valence-electron chi connectivity index (χ1n) is 8.12. The summed E-state index contributed by atoms with van der Waals surface area (Å²) in [5.74, 6) is -0.180. The number of fused-ring (bicyclic) bond motifs is 1. The predicted molar refractivity (Wildman–Crippen MR) is 95.1 cm³/mol. The van der Waals surface area contributed by atoms with Crippen molar-refractivity contribution in [1.29, 1.82) is 0 Å². The minimum absolute atomic E-state index is 0.303. The number of hydrogen-bond acceptors (Lipinski definition) is 4. The molecule has 6 heteroatoms. The number of rotatable bonds is 4. The van der Waals surface area contributed by atoms with E-state index in [1.807, 2.05) is 0 Å². The normalized spacial score (nSPS) is 14.8. The van der Waals surface area contributed by atoms with Gasteiger partial charge in [-0.25, -0.2) is 0 Å². The second kappa shape index (κ2) is 7.49. The van der Waals surface area contributed by atoms with Gasteiger partial charge in [0.1, 0.15) is 10.8 Å². The van der Waals surface area contributed by atoms with Crippen molar-refractivity contribution in [2.75, 3.05) is 5.32 Å². The molecule has 0 aromatic carbocycles. The summed E-state index contributed by atoms with van der Waals surface area (Å²) in [4.78, 5) is 25.2. The van der Waals surface area contributed by atoms with Gasteiger partial charge in [-0.15, -0.1) is 11.3 Å². The summed E-state index contributed by atoms with van der Waals surface area (Å²) < 4.78 is 5.15. The molecule has 1 aliphatic carbocycles. The number of anilines is 1. The van der Waals surface area contributed by atoms with E-state index >= 15 is 0 Å². The Labute approximate surface area is 144 Å². The Morgan fingerprint density at radius 3 is 2.71 bits per heavy atom. The van der Waals surface area contributed by atoms with Crippen molar-refractivity contribution in [3.8, 4) is 0 Å². The number of aryl methyl sites for hydroxylation is 1. The highest BCUT2D eigenvalue weighted by Crippen LogP contribution is 2.36. The first-order valence-corrected chi connectivity index (χ1v) is 8.93. The SMILES string of the molecule is NC(=O)c1c(NC(=O)C=Cc2ccco2)sc2c1CCCCCC2. The van der Waals surface area contributed by atoms with Crippen LogP contribution in [0.1, 0.15) is 52.2 Å². The van der Waals surface area contributed by atoms with Gasteiger partial charge in [-0.05, 0) is 49.5 Å². The van der Waals surface area contributed by atoms with Gasteiger partial charge in [0, 0.05) is 11.0 Å². The average molecular weight is 344 g/mol. The Bertz CT molecular complexity index is 760. The van der Waals surface area contributed by atoms with Gasteiger partial charge in [-0.1, -0.05) is 12.8 Å². The van der Waals surface area contributed by atoms with Crippen LogP contribution in [0, 0.1) is 0 Å². The molecule has 24 heavy (non-hydrogen) atoms. The van der Waals surface area contributed by atoms with E-state index in [9.17, 15) is 9.59 Å². The van der Waals surface area contributed by atoms with E-state index in [1.165, 1.54) is 35.1 Å². The number of furan rings is 1. The quantitative estimate of drug-likeness (QED) is 0.828. The fraction of sp³-hybridized carbons (Fsp3) is 0.333. The van der Waals surface area contributed by atoms with Crippen molar-refractivity contribution in [3.05, 3.63) is 46.2 Å². The third-order valence-corrected chi connectivity index (χ3v) is 5.30. The van der Waals surface area contributed by atoms with Gasteiger partial charge < -0.3 is 15.5 Å². The van der Waals surface area contributed by atoms with Crippen LogP contribution in [-0.4, -0.2) is 11.8 Å². The maximum Gasteiger partial charge on any atom is 0.251 e. The smallest absolute Gasteiger partial charge is 0.251 e. The molecule has 0 spiro atoms. The van der Waals surface area contributed by atoms with Gasteiger partial charge in [0.15, 0.2) is 0 Å². The largest absolute Gasteiger partial charge is 0.465 e. The van der Waals surface area contributed by atoms with Crippen molar-refractivity contribution in [2.24, 2.45) is 5.73 Å². The van der Waals surface area contributed by atoms with Gasteiger partial charge in [-0.2, -0.15) is 0 Å². The summed E-state index contributed by atoms with van der Waals surface area (Å²) in [6, 6.07) is 3.51. The van der Waals surface area contributed by atoms with E-state index in [4.69, 9.17) is 10.2 Å². The number of nitrogens with two attached hydrogens (primary N) is 1. The maximum atomic E-state index is 12.1. The molecule has 126 valence electrons. The lowest BCUT2D eigenvalue weighted by Crippen LogP contribution is -2.17. The van der Waals surface area contributed by atoms with Gasteiger partial charge in [0.2, 0.25) is 5.91 Å². The molecule has 0 bridgehead atoms. The van der Waals surface area contributed by atoms with Crippen molar-refractivity contribution in [3.63, 3.8) is 0 Å². The molecule has 0 saturated heterocycles. The zero-order valence-electron chi connectivity index (χ0n) is 13.3. The lowest BCUT2D eigenvalue weighted by molar-refractivity contribution is -0.111. The Morgan fingerprint density at radius 2 is 2.00 bits per heavy atom. The summed E-state index contributed by atoms with van der Waals surface area (Å²) in [5.41, 5.74) is 7.09. The van der Waals surface area contributed by atoms with Gasteiger partial charge in [-0.3, -0.25) is 9.59 Å². The second-order valence-corrected chi connectivity index (χ2v) is 6.93. The summed E-state index contributed by atoms with van der Waals surface area (Å²) in [7, 11) is 0. The highest BCUT2D eigenvalue weighted by atomic mass is 32.1. The molecular weight excluding hydrogens is 324 g/mol. The summed E-state index contributed by atoms with van der Waals surface area (Å²) in [6.45, 7) is 0. The highest BCUT2D eigenvalue weighted by Gasteiger charge is 2.23. The van der Waals surface area contributed by atoms with Crippen LogP contribution in [0.2, 0.25) is 0 Å². The molecule has 0 fully saturated rings. The molecule has 0 saturated carbocycles. The van der Waals surface area contributed by atoms with Crippen molar-refractivity contribution >= 4 is 34.2 Å². The summed E-state index contributed by atoms with van der Waals surface area (Å²) >= 11 is 1.47. The number of primary amides is 1. The van der Waals surface area contributed by atoms with E-state index in [2.05, 4.69) is 5.32 Å². The van der Waals surface area contributed by atoms with Crippen LogP contribution in [0.3, 0.4) is 0 Å². The Kier molecular flexibility index (Phi) is 5.15. The van der Waals surface area contributed by atoms with Crippen molar-refractivity contribution < 1.29 is 14.0 Å². The number of nitrogens with one attached hydrogen (secondary N) is 1. The Morgan fingerprint density at radius 1 is 1.21 bits per heavy atom. The molecular formula is C18H20N2O3S. The monoisotopic (exact) mass is 344 g/mol. The third-order valence-electron chi connectivity index (χ3n) is 4.10. The minimum Gasteiger partial charge on any atom is -0.465 e. The first-order chi connectivity index (χ1) is 11.6. The summed E-state index contributed by atoms with van der Waals surface area (Å²) in [5, 5.41) is 3.36. The molecule has 5 nitrogen and oxygen atoms in total. The molecule has 2 aromatic heterocycles. The molecule has 2 aromatic rings. The van der Waals surface area contributed by atoms with Crippen molar-refractivity contribution in [1.82, 2.24) is 0 Å². The molecule has 1 aliphatic rings. The van der Waals surface area contributed by atoms with E-state index < -0.39 is 5.91 Å². The number of thiophene rings is 1. The van der Waals surface area contributed by atoms with Crippen LogP contribution in [0.4, 0.5) is 5.00 Å². The van der Waals surface area contributed by atoms with E-state index in [0.29, 0.717) is 16.3 Å². The zero-order valence-corrected chi connectivity index (χ0v) is 14.2. The predicted octanol–water partition coefficient (Wildman–Crippen LogP) is 3.75. The molecule has 3 N–H and O–H groups in total. The van der Waals surface area contributed by atoms with Crippen LogP contribution in [0.15, 0.2) is 28.9 Å². The van der Waals surface area contributed by atoms with Gasteiger partial charge in [0.05, 0.1) is 11.8 Å². The van der Waals surface area contributed by atoms with E-state index in [1.54, 1.807) is 24.5 Å². The van der Waals surface area contributed by atoms with E-state index in [-0.39, 0.29) is 5.91 Å². The maximum absolute atomic E-state index is 12.1. The number of hydrogen-bond donors (Lipinski definition) is 2. The fourth-order valence-corrected chi connectivity index (χ4v) is 4.26. The molecule has 0 radical (unpaired) electrons. The fourth-order valence-electron chi connectivity index (χ4n) is 2.97. The molecule has 3 rings (SSSR count). The van der Waals surface area contributed by atoms with Crippen LogP contribution in [0.25, 0.3) is 6.08 Å². The minimum atomic E-state index is -0.474. The van der Waals surface area contributed by atoms with Crippen molar-refractivity contribution in [2.45, 2.75) is 38.5 Å². The second-order valence-electron chi connectivity index (χ2n) is 5.82. The summed E-state index contributed by atoms with van der Waals surface area (Å²) in [6.07, 6.45) is 10.8. The number of carbonyl (C=O) groups is 2. The first kappa shape index (κ1) is 16.5. The van der Waals surface area contributed by atoms with Crippen LogP contribution >= 0.6 is 11.3 Å². The highest BCUT2D eigenvalue weighted by molar-refractivity contribution is 7.17. The Balaban J connectivity index is 1.83. The van der Waals surface area contributed by atoms with Crippen LogP contribution in [-0.2, 0) is 17.6 Å².